The number of alkyl halides is 2. The number of ether oxygens (including phenoxy) is 4. The molecule has 0 bridgehead atoms. The largest absolute Gasteiger partial charge is 0.462 e. The Balaban J connectivity index is 2.15. The average Bonchev–Trinajstić information content (AvgIpc) is 2.73. The van der Waals surface area contributed by atoms with E-state index < -0.39 is 24.5 Å². The highest BCUT2D eigenvalue weighted by Crippen LogP contribution is 2.20. The second-order valence-electron chi connectivity index (χ2n) is 5.89. The predicted molar refractivity (Wildman–Crippen MR) is 106 cm³/mol. The third kappa shape index (κ3) is 7.54. The first-order valence-corrected chi connectivity index (χ1v) is 9.26. The van der Waals surface area contributed by atoms with Crippen molar-refractivity contribution in [3.8, 4) is 11.5 Å². The van der Waals surface area contributed by atoms with Crippen molar-refractivity contribution in [3.63, 3.8) is 0 Å². The number of hydrogen-bond donors (Lipinski definition) is 0. The molecule has 0 aliphatic heterocycles. The van der Waals surface area contributed by atoms with Gasteiger partial charge in [-0.3, -0.25) is 0 Å². The fraction of sp³-hybridized carbons (Fsp3) is 0.227. The number of benzene rings is 2. The van der Waals surface area contributed by atoms with Gasteiger partial charge in [0.05, 0.1) is 24.3 Å². The second-order valence-corrected chi connectivity index (χ2v) is 5.89. The van der Waals surface area contributed by atoms with Crippen molar-refractivity contribution in [2.24, 2.45) is 0 Å². The van der Waals surface area contributed by atoms with Crippen molar-refractivity contribution in [3.05, 3.63) is 65.2 Å². The van der Waals surface area contributed by atoms with Crippen LogP contribution in [-0.2, 0) is 14.3 Å². The van der Waals surface area contributed by atoms with Crippen LogP contribution in [0.1, 0.15) is 40.1 Å². The van der Waals surface area contributed by atoms with Crippen molar-refractivity contribution in [2.75, 3.05) is 13.2 Å². The molecular formula is C22H20F2O7. The van der Waals surface area contributed by atoms with Crippen LogP contribution in [0, 0.1) is 0 Å². The van der Waals surface area contributed by atoms with E-state index in [1.807, 2.05) is 0 Å². The molecule has 0 radical (unpaired) electrons. The fourth-order valence-electron chi connectivity index (χ4n) is 2.40. The lowest BCUT2D eigenvalue weighted by Gasteiger charge is -2.09. The topological polar surface area (TPSA) is 88.1 Å². The van der Waals surface area contributed by atoms with Crippen molar-refractivity contribution in [1.29, 1.82) is 0 Å². The summed E-state index contributed by atoms with van der Waals surface area (Å²) in [5.74, 6) is -2.23. The van der Waals surface area contributed by atoms with Gasteiger partial charge in [0.2, 0.25) is 0 Å². The molecule has 7 nitrogen and oxygen atoms in total. The van der Waals surface area contributed by atoms with Crippen molar-refractivity contribution in [2.45, 2.75) is 20.5 Å². The van der Waals surface area contributed by atoms with E-state index in [1.165, 1.54) is 48.5 Å². The molecule has 0 saturated heterocycles. The van der Waals surface area contributed by atoms with Gasteiger partial charge in [-0.25, -0.2) is 14.4 Å². The smallest absolute Gasteiger partial charge is 0.387 e. The van der Waals surface area contributed by atoms with Gasteiger partial charge in [-0.1, -0.05) is 12.1 Å². The minimum atomic E-state index is -2.93. The summed E-state index contributed by atoms with van der Waals surface area (Å²) < 4.78 is 43.6. The van der Waals surface area contributed by atoms with Gasteiger partial charge in [0.1, 0.15) is 11.5 Å². The quantitative estimate of drug-likeness (QED) is 0.331. The van der Waals surface area contributed by atoms with E-state index in [0.717, 1.165) is 6.08 Å². The minimum absolute atomic E-state index is 0.0167. The lowest BCUT2D eigenvalue weighted by Crippen LogP contribution is -2.11. The van der Waals surface area contributed by atoms with Gasteiger partial charge < -0.3 is 18.9 Å². The molecule has 0 aliphatic carbocycles. The van der Waals surface area contributed by atoms with E-state index >= 15 is 0 Å². The summed E-state index contributed by atoms with van der Waals surface area (Å²) in [6, 6.07) is 9.42. The van der Waals surface area contributed by atoms with Crippen LogP contribution in [0.2, 0.25) is 0 Å². The molecule has 0 spiro atoms. The number of carbonyl (C=O) groups excluding carboxylic acids is 3. The molecule has 2 aromatic carbocycles. The van der Waals surface area contributed by atoms with Crippen LogP contribution in [0.25, 0.3) is 6.08 Å². The first-order chi connectivity index (χ1) is 14.8. The number of halogens is 2. The zero-order valence-electron chi connectivity index (χ0n) is 16.8. The Morgan fingerprint density at radius 2 is 1.42 bits per heavy atom. The van der Waals surface area contributed by atoms with Gasteiger partial charge in [0, 0.05) is 6.08 Å². The molecule has 31 heavy (non-hydrogen) atoms. The van der Waals surface area contributed by atoms with Crippen LogP contribution in [-0.4, -0.2) is 37.7 Å². The summed E-state index contributed by atoms with van der Waals surface area (Å²) in [5, 5.41) is 0. The number of rotatable bonds is 9. The van der Waals surface area contributed by atoms with E-state index in [4.69, 9.17) is 14.2 Å². The summed E-state index contributed by atoms with van der Waals surface area (Å²) in [6.45, 7) is 0.583. The van der Waals surface area contributed by atoms with E-state index in [0.29, 0.717) is 5.56 Å². The van der Waals surface area contributed by atoms with Crippen LogP contribution >= 0.6 is 0 Å². The predicted octanol–water partition coefficient (Wildman–Crippen LogP) is 4.26. The summed E-state index contributed by atoms with van der Waals surface area (Å²) in [7, 11) is 0. The zero-order valence-corrected chi connectivity index (χ0v) is 16.8. The van der Waals surface area contributed by atoms with E-state index in [-0.39, 0.29) is 35.8 Å². The fourth-order valence-corrected chi connectivity index (χ4v) is 2.40. The van der Waals surface area contributed by atoms with Gasteiger partial charge in [-0.2, -0.15) is 8.78 Å². The Morgan fingerprint density at radius 3 is 1.90 bits per heavy atom. The monoisotopic (exact) mass is 434 g/mol. The molecule has 164 valence electrons. The van der Waals surface area contributed by atoms with Crippen molar-refractivity contribution in [1.82, 2.24) is 0 Å². The highest BCUT2D eigenvalue weighted by atomic mass is 19.3. The summed E-state index contributed by atoms with van der Waals surface area (Å²) >= 11 is 0. The maximum atomic E-state index is 12.2. The van der Waals surface area contributed by atoms with Crippen LogP contribution in [0.4, 0.5) is 8.78 Å². The normalized spacial score (nSPS) is 10.7. The molecule has 0 atom stereocenters. The Labute approximate surface area is 177 Å². The Morgan fingerprint density at radius 1 is 0.871 bits per heavy atom. The molecule has 0 aliphatic rings. The number of esters is 3. The third-order valence-corrected chi connectivity index (χ3v) is 3.66. The molecule has 0 heterocycles. The SMILES string of the molecule is CCOC(=O)c1cc(OC(=O)/C=C/c2ccc(OC(F)F)cc2)cc(C(=O)OCC)c1. The molecule has 0 unspecified atom stereocenters. The van der Waals surface area contributed by atoms with E-state index in [1.54, 1.807) is 13.8 Å². The second kappa shape index (κ2) is 11.4. The lowest BCUT2D eigenvalue weighted by molar-refractivity contribution is -0.128. The lowest BCUT2D eigenvalue weighted by atomic mass is 10.1. The molecule has 0 N–H and O–H groups in total. The van der Waals surface area contributed by atoms with Crippen LogP contribution < -0.4 is 9.47 Å². The molecule has 0 aromatic heterocycles. The maximum Gasteiger partial charge on any atom is 0.387 e. The molecule has 2 aromatic rings. The average molecular weight is 434 g/mol. The standard InChI is InChI=1S/C22H20F2O7/c1-3-28-20(26)15-11-16(21(27)29-4-2)13-18(12-15)30-19(25)10-7-14-5-8-17(9-6-14)31-22(23)24/h5-13,22H,3-4H2,1-2H3/b10-7+. The number of hydrogen-bond acceptors (Lipinski definition) is 7. The summed E-state index contributed by atoms with van der Waals surface area (Å²) in [5.41, 5.74) is 0.577. The molecular weight excluding hydrogens is 414 g/mol. The van der Waals surface area contributed by atoms with Crippen molar-refractivity contribution >= 4 is 24.0 Å². The Kier molecular flexibility index (Phi) is 8.68. The number of carbonyl (C=O) groups is 3. The maximum absolute atomic E-state index is 12.2. The Bertz CT molecular complexity index is 917. The highest BCUT2D eigenvalue weighted by molar-refractivity contribution is 5.97. The summed E-state index contributed by atoms with van der Waals surface area (Å²) in [4.78, 5) is 36.2. The minimum Gasteiger partial charge on any atom is -0.462 e. The third-order valence-electron chi connectivity index (χ3n) is 3.66. The van der Waals surface area contributed by atoms with E-state index in [9.17, 15) is 23.2 Å². The molecule has 0 saturated carbocycles. The highest BCUT2D eigenvalue weighted by Gasteiger charge is 2.16. The van der Waals surface area contributed by atoms with Gasteiger partial charge in [-0.15, -0.1) is 0 Å². The van der Waals surface area contributed by atoms with Gasteiger partial charge in [-0.05, 0) is 55.8 Å². The van der Waals surface area contributed by atoms with Crippen LogP contribution in [0.15, 0.2) is 48.5 Å². The van der Waals surface area contributed by atoms with Crippen LogP contribution in [0.5, 0.6) is 11.5 Å². The molecule has 0 fully saturated rings. The Hall–Kier alpha value is -3.75. The van der Waals surface area contributed by atoms with Crippen LogP contribution in [0.3, 0.4) is 0 Å². The molecule has 2 rings (SSSR count). The zero-order chi connectivity index (χ0) is 22.8. The van der Waals surface area contributed by atoms with E-state index in [2.05, 4.69) is 4.74 Å². The molecule has 0 amide bonds. The van der Waals surface area contributed by atoms with Gasteiger partial charge in [0.25, 0.3) is 0 Å². The first-order valence-electron chi connectivity index (χ1n) is 9.26. The van der Waals surface area contributed by atoms with Gasteiger partial charge >= 0.3 is 24.5 Å². The first kappa shape index (κ1) is 23.5. The van der Waals surface area contributed by atoms with Crippen molar-refractivity contribution < 1.29 is 42.1 Å². The van der Waals surface area contributed by atoms with Gasteiger partial charge in [0.15, 0.2) is 0 Å². The molecule has 9 heteroatoms. The summed E-state index contributed by atoms with van der Waals surface area (Å²) in [6.07, 6.45) is 2.50.